The normalized spacial score (nSPS) is 17.9. The van der Waals surface area contributed by atoms with E-state index in [0.29, 0.717) is 30.6 Å². The highest BCUT2D eigenvalue weighted by Crippen LogP contribution is 2.18. The summed E-state index contributed by atoms with van der Waals surface area (Å²) in [5, 5.41) is 8.68. The Morgan fingerprint density at radius 1 is 1.45 bits per heavy atom. The van der Waals surface area contributed by atoms with Gasteiger partial charge in [0.15, 0.2) is 0 Å². The first-order valence-electron chi connectivity index (χ1n) is 6.59. The number of benzene rings is 1. The van der Waals surface area contributed by atoms with Crippen molar-refractivity contribution in [1.29, 1.82) is 5.26 Å². The smallest absolute Gasteiger partial charge is 0.338 e. The Kier molecular flexibility index (Phi) is 4.36. The van der Waals surface area contributed by atoms with Crippen LogP contribution in [0.25, 0.3) is 0 Å². The molecule has 1 saturated heterocycles. The third-order valence-electron chi connectivity index (χ3n) is 3.38. The standard InChI is InChI=1S/C15H16N2O3/c1-2-17-9-12(7-14(17)18)10-20-15(19)13-5-3-11(8-16)4-6-13/h3-6,12H,2,7,9-10H2,1H3/t12-/m1/s1. The van der Waals surface area contributed by atoms with Gasteiger partial charge in [0.05, 0.1) is 23.8 Å². The van der Waals surface area contributed by atoms with E-state index in [1.54, 1.807) is 29.2 Å². The maximum Gasteiger partial charge on any atom is 0.338 e. The van der Waals surface area contributed by atoms with Gasteiger partial charge in [0, 0.05) is 25.4 Å². The molecular weight excluding hydrogens is 256 g/mol. The van der Waals surface area contributed by atoms with E-state index < -0.39 is 5.97 Å². The van der Waals surface area contributed by atoms with Crippen molar-refractivity contribution in [2.45, 2.75) is 13.3 Å². The van der Waals surface area contributed by atoms with E-state index in [9.17, 15) is 9.59 Å². The van der Waals surface area contributed by atoms with Gasteiger partial charge in [0.25, 0.3) is 0 Å². The summed E-state index contributed by atoms with van der Waals surface area (Å²) in [7, 11) is 0. The van der Waals surface area contributed by atoms with E-state index in [2.05, 4.69) is 0 Å². The minimum absolute atomic E-state index is 0.0739. The van der Waals surface area contributed by atoms with E-state index in [4.69, 9.17) is 10.00 Å². The zero-order valence-corrected chi connectivity index (χ0v) is 11.3. The van der Waals surface area contributed by atoms with Gasteiger partial charge in [-0.1, -0.05) is 0 Å². The van der Waals surface area contributed by atoms with E-state index in [0.717, 1.165) is 0 Å². The zero-order chi connectivity index (χ0) is 14.5. The van der Waals surface area contributed by atoms with Gasteiger partial charge in [0.1, 0.15) is 0 Å². The zero-order valence-electron chi connectivity index (χ0n) is 11.3. The average molecular weight is 272 g/mol. The second kappa shape index (κ2) is 6.20. The molecule has 1 heterocycles. The average Bonchev–Trinajstić information content (AvgIpc) is 2.85. The van der Waals surface area contributed by atoms with Crippen LogP contribution in [0.5, 0.6) is 0 Å². The van der Waals surface area contributed by atoms with Crippen LogP contribution in [0, 0.1) is 17.2 Å². The number of ether oxygens (including phenoxy) is 1. The van der Waals surface area contributed by atoms with Gasteiger partial charge in [-0.2, -0.15) is 5.26 Å². The monoisotopic (exact) mass is 272 g/mol. The number of hydrogen-bond acceptors (Lipinski definition) is 4. The van der Waals surface area contributed by atoms with Gasteiger partial charge >= 0.3 is 5.97 Å². The number of rotatable bonds is 4. The summed E-state index contributed by atoms with van der Waals surface area (Å²) in [6.07, 6.45) is 0.439. The molecule has 1 aromatic rings. The number of hydrogen-bond donors (Lipinski definition) is 0. The van der Waals surface area contributed by atoms with Gasteiger partial charge in [-0.3, -0.25) is 4.79 Å². The molecule has 1 atom stereocenters. The molecule has 0 bridgehead atoms. The van der Waals surface area contributed by atoms with Gasteiger partial charge in [-0.25, -0.2) is 4.79 Å². The molecule has 1 aliphatic heterocycles. The first kappa shape index (κ1) is 14.1. The molecule has 1 aromatic carbocycles. The summed E-state index contributed by atoms with van der Waals surface area (Å²) in [5.74, 6) is -0.228. The number of amides is 1. The quantitative estimate of drug-likeness (QED) is 0.780. The van der Waals surface area contributed by atoms with Crippen LogP contribution in [0.4, 0.5) is 0 Å². The highest BCUT2D eigenvalue weighted by molar-refractivity contribution is 5.89. The molecule has 0 aliphatic carbocycles. The van der Waals surface area contributed by atoms with E-state index >= 15 is 0 Å². The molecule has 20 heavy (non-hydrogen) atoms. The third-order valence-corrected chi connectivity index (χ3v) is 3.38. The van der Waals surface area contributed by atoms with Gasteiger partial charge in [-0.15, -0.1) is 0 Å². The fraction of sp³-hybridized carbons (Fsp3) is 0.400. The second-order valence-electron chi connectivity index (χ2n) is 4.79. The first-order valence-corrected chi connectivity index (χ1v) is 6.59. The molecule has 0 aromatic heterocycles. The maximum absolute atomic E-state index is 11.8. The molecule has 5 nitrogen and oxygen atoms in total. The second-order valence-corrected chi connectivity index (χ2v) is 4.79. The van der Waals surface area contributed by atoms with Crippen molar-refractivity contribution in [3.8, 4) is 6.07 Å². The van der Waals surface area contributed by atoms with Crippen molar-refractivity contribution >= 4 is 11.9 Å². The van der Waals surface area contributed by atoms with E-state index in [1.807, 2.05) is 13.0 Å². The molecule has 1 aliphatic rings. The van der Waals surface area contributed by atoms with Crippen molar-refractivity contribution in [3.05, 3.63) is 35.4 Å². The van der Waals surface area contributed by atoms with Crippen LogP contribution < -0.4 is 0 Å². The summed E-state index contributed by atoms with van der Waals surface area (Å²) in [6.45, 7) is 3.53. The molecule has 0 saturated carbocycles. The molecule has 104 valence electrons. The third kappa shape index (κ3) is 3.15. The summed E-state index contributed by atoms with van der Waals surface area (Å²) >= 11 is 0. The lowest BCUT2D eigenvalue weighted by atomic mass is 10.1. The van der Waals surface area contributed by atoms with Crippen LogP contribution in [0.3, 0.4) is 0 Å². The minimum Gasteiger partial charge on any atom is -0.462 e. The Morgan fingerprint density at radius 2 is 2.15 bits per heavy atom. The lowest BCUT2D eigenvalue weighted by molar-refractivity contribution is -0.127. The number of nitrogens with zero attached hydrogens (tertiary/aromatic N) is 2. The topological polar surface area (TPSA) is 70.4 Å². The van der Waals surface area contributed by atoms with Gasteiger partial charge in [0.2, 0.25) is 5.91 Å². The molecule has 0 spiro atoms. The molecule has 2 rings (SSSR count). The van der Waals surface area contributed by atoms with Gasteiger partial charge in [-0.05, 0) is 31.2 Å². The summed E-state index contributed by atoms with van der Waals surface area (Å²) in [5.41, 5.74) is 0.919. The lowest BCUT2D eigenvalue weighted by Crippen LogP contribution is -2.25. The summed E-state index contributed by atoms with van der Waals surface area (Å²) in [4.78, 5) is 25.1. The summed E-state index contributed by atoms with van der Waals surface area (Å²) < 4.78 is 5.23. The predicted molar refractivity (Wildman–Crippen MR) is 71.8 cm³/mol. The van der Waals surface area contributed by atoms with Crippen molar-refractivity contribution in [2.75, 3.05) is 19.7 Å². The fourth-order valence-electron chi connectivity index (χ4n) is 2.23. The van der Waals surface area contributed by atoms with Crippen molar-refractivity contribution < 1.29 is 14.3 Å². The lowest BCUT2D eigenvalue weighted by Gasteiger charge is -2.13. The van der Waals surface area contributed by atoms with Crippen LogP contribution in [0.15, 0.2) is 24.3 Å². The van der Waals surface area contributed by atoms with Crippen LogP contribution in [0.2, 0.25) is 0 Å². The Bertz CT molecular complexity index is 545. The van der Waals surface area contributed by atoms with Gasteiger partial charge < -0.3 is 9.64 Å². The SMILES string of the molecule is CCN1C[C@H](COC(=O)c2ccc(C#N)cc2)CC1=O. The molecular formula is C15H16N2O3. The first-order chi connectivity index (χ1) is 9.63. The Balaban J connectivity index is 1.86. The van der Waals surface area contributed by atoms with Crippen molar-refractivity contribution in [1.82, 2.24) is 4.90 Å². The van der Waals surface area contributed by atoms with Crippen LogP contribution in [-0.4, -0.2) is 36.5 Å². The molecule has 1 amide bonds. The molecule has 0 radical (unpaired) electrons. The summed E-state index contributed by atoms with van der Waals surface area (Å²) in [6, 6.07) is 8.28. The number of carbonyl (C=O) groups excluding carboxylic acids is 2. The largest absolute Gasteiger partial charge is 0.462 e. The Morgan fingerprint density at radius 3 is 2.70 bits per heavy atom. The molecule has 5 heteroatoms. The molecule has 0 unspecified atom stereocenters. The van der Waals surface area contributed by atoms with Crippen LogP contribution in [-0.2, 0) is 9.53 Å². The maximum atomic E-state index is 11.8. The van der Waals surface area contributed by atoms with Crippen LogP contribution >= 0.6 is 0 Å². The number of esters is 1. The van der Waals surface area contributed by atoms with E-state index in [-0.39, 0.29) is 18.4 Å². The highest BCUT2D eigenvalue weighted by atomic mass is 16.5. The minimum atomic E-state index is -0.420. The fourth-order valence-corrected chi connectivity index (χ4v) is 2.23. The molecule has 0 N–H and O–H groups in total. The van der Waals surface area contributed by atoms with Crippen molar-refractivity contribution in [2.24, 2.45) is 5.92 Å². The Labute approximate surface area is 117 Å². The predicted octanol–water partition coefficient (Wildman–Crippen LogP) is 1.58. The van der Waals surface area contributed by atoms with E-state index in [1.165, 1.54) is 0 Å². The number of nitriles is 1. The Hall–Kier alpha value is -2.35. The van der Waals surface area contributed by atoms with Crippen molar-refractivity contribution in [3.63, 3.8) is 0 Å². The molecule has 1 fully saturated rings. The highest BCUT2D eigenvalue weighted by Gasteiger charge is 2.29. The number of likely N-dealkylation sites (tertiary alicyclic amines) is 1. The number of carbonyl (C=O) groups is 2. The van der Waals surface area contributed by atoms with Crippen LogP contribution in [0.1, 0.15) is 29.3 Å².